The van der Waals surface area contributed by atoms with Crippen LogP contribution < -0.4 is 5.56 Å². The summed E-state index contributed by atoms with van der Waals surface area (Å²) in [5.41, 5.74) is 3.58. The summed E-state index contributed by atoms with van der Waals surface area (Å²) in [6.07, 6.45) is 8.23. The fourth-order valence-electron chi connectivity index (χ4n) is 3.84. The quantitative estimate of drug-likeness (QED) is 0.627. The van der Waals surface area contributed by atoms with Crippen LogP contribution >= 0.6 is 0 Å². The van der Waals surface area contributed by atoms with Crippen molar-refractivity contribution in [3.05, 3.63) is 69.9 Å². The Kier molecular flexibility index (Phi) is 5.56. The van der Waals surface area contributed by atoms with E-state index in [4.69, 9.17) is 9.84 Å². The largest absolute Gasteiger partial charge is 0.479 e. The molecule has 2 N–H and O–H groups in total. The lowest BCUT2D eigenvalue weighted by Crippen LogP contribution is -2.29. The number of H-pyrrole nitrogens is 1. The molecule has 0 aliphatic heterocycles. The molecule has 3 aromatic rings. The monoisotopic (exact) mass is 434 g/mol. The molecule has 8 heteroatoms. The van der Waals surface area contributed by atoms with Crippen LogP contribution in [0.4, 0.5) is 0 Å². The van der Waals surface area contributed by atoms with Gasteiger partial charge in [0.1, 0.15) is 0 Å². The summed E-state index contributed by atoms with van der Waals surface area (Å²) >= 11 is 0. The van der Waals surface area contributed by atoms with Gasteiger partial charge in [0.15, 0.2) is 11.8 Å². The molecular weight excluding hydrogens is 408 g/mol. The third-order valence-electron chi connectivity index (χ3n) is 5.19. The van der Waals surface area contributed by atoms with Crippen LogP contribution in [0.2, 0.25) is 0 Å². The number of carboxylic acid groups (broad SMARTS) is 1. The van der Waals surface area contributed by atoms with Crippen LogP contribution in [-0.2, 0) is 9.53 Å². The SMILES string of the molecule is Cc1nc2cc(C3=CC=CCC3)nn2c(-c2ccc(=O)[nH]c2)c1C(OC(C)(C)C)C(=O)O. The molecule has 0 fully saturated rings. The summed E-state index contributed by atoms with van der Waals surface area (Å²) in [7, 11) is 0. The molecule has 1 aliphatic carbocycles. The number of hydrogen-bond acceptors (Lipinski definition) is 5. The number of fused-ring (bicyclic) bond motifs is 1. The van der Waals surface area contributed by atoms with Gasteiger partial charge in [-0.15, -0.1) is 0 Å². The summed E-state index contributed by atoms with van der Waals surface area (Å²) in [4.78, 5) is 31.3. The highest BCUT2D eigenvalue weighted by atomic mass is 16.5. The second kappa shape index (κ2) is 8.20. The molecule has 3 heterocycles. The van der Waals surface area contributed by atoms with E-state index in [2.05, 4.69) is 16.0 Å². The van der Waals surface area contributed by atoms with Gasteiger partial charge in [0.2, 0.25) is 5.56 Å². The Balaban J connectivity index is 2.02. The van der Waals surface area contributed by atoms with Crippen LogP contribution in [0, 0.1) is 6.92 Å². The third-order valence-corrected chi connectivity index (χ3v) is 5.19. The van der Waals surface area contributed by atoms with E-state index >= 15 is 0 Å². The Morgan fingerprint density at radius 3 is 2.69 bits per heavy atom. The number of allylic oxidation sites excluding steroid dienone is 4. The van der Waals surface area contributed by atoms with Gasteiger partial charge in [-0.3, -0.25) is 4.79 Å². The van der Waals surface area contributed by atoms with Crippen LogP contribution in [-0.4, -0.2) is 36.3 Å². The van der Waals surface area contributed by atoms with Gasteiger partial charge < -0.3 is 14.8 Å². The summed E-state index contributed by atoms with van der Waals surface area (Å²) in [6.45, 7) is 7.18. The van der Waals surface area contributed by atoms with Gasteiger partial charge in [0, 0.05) is 35.2 Å². The maximum Gasteiger partial charge on any atom is 0.337 e. The number of rotatable bonds is 5. The number of ether oxygens (including phenoxy) is 1. The fourth-order valence-corrected chi connectivity index (χ4v) is 3.84. The van der Waals surface area contributed by atoms with E-state index in [1.807, 2.05) is 18.2 Å². The van der Waals surface area contributed by atoms with Gasteiger partial charge in [0.05, 0.1) is 17.0 Å². The van der Waals surface area contributed by atoms with Crippen molar-refractivity contribution in [3.63, 3.8) is 0 Å². The van der Waals surface area contributed by atoms with Crippen molar-refractivity contribution in [1.82, 2.24) is 19.6 Å². The number of aryl methyl sites for hydroxylation is 1. The lowest BCUT2D eigenvalue weighted by molar-refractivity contribution is -0.160. The molecule has 166 valence electrons. The Labute approximate surface area is 185 Å². The van der Waals surface area contributed by atoms with Gasteiger partial charge in [-0.05, 0) is 52.2 Å². The first-order chi connectivity index (χ1) is 15.1. The molecule has 1 aliphatic rings. The Bertz CT molecular complexity index is 1290. The maximum absolute atomic E-state index is 12.3. The lowest BCUT2D eigenvalue weighted by Gasteiger charge is -2.27. The van der Waals surface area contributed by atoms with Gasteiger partial charge in [-0.2, -0.15) is 5.10 Å². The van der Waals surface area contributed by atoms with Crippen LogP contribution in [0.15, 0.2) is 47.4 Å². The molecule has 8 nitrogen and oxygen atoms in total. The molecule has 0 amide bonds. The predicted molar refractivity (Wildman–Crippen MR) is 121 cm³/mol. The summed E-state index contributed by atoms with van der Waals surface area (Å²) in [5, 5.41) is 14.8. The number of aromatic amines is 1. The molecule has 0 saturated heterocycles. The van der Waals surface area contributed by atoms with Crippen molar-refractivity contribution >= 4 is 17.2 Å². The number of hydrogen-bond donors (Lipinski definition) is 2. The Hall–Kier alpha value is -3.52. The topological polar surface area (TPSA) is 110 Å². The van der Waals surface area contributed by atoms with E-state index in [1.54, 1.807) is 44.5 Å². The average Bonchev–Trinajstić information content (AvgIpc) is 3.15. The molecule has 0 aromatic carbocycles. The number of carbonyl (C=O) groups is 1. The van der Waals surface area contributed by atoms with Gasteiger partial charge in [0.25, 0.3) is 0 Å². The zero-order valence-electron chi connectivity index (χ0n) is 18.5. The summed E-state index contributed by atoms with van der Waals surface area (Å²) in [5.74, 6) is -1.12. The minimum atomic E-state index is -1.27. The number of nitrogens with one attached hydrogen (secondary N) is 1. The Morgan fingerprint density at radius 1 is 1.31 bits per heavy atom. The van der Waals surface area contributed by atoms with Crippen LogP contribution in [0.3, 0.4) is 0 Å². The first kappa shape index (κ1) is 21.7. The minimum absolute atomic E-state index is 0.252. The zero-order valence-corrected chi connectivity index (χ0v) is 18.5. The van der Waals surface area contributed by atoms with Crippen LogP contribution in [0.1, 0.15) is 56.7 Å². The minimum Gasteiger partial charge on any atom is -0.479 e. The summed E-state index contributed by atoms with van der Waals surface area (Å²) in [6, 6.07) is 4.95. The highest BCUT2D eigenvalue weighted by Crippen LogP contribution is 2.35. The van der Waals surface area contributed by atoms with Gasteiger partial charge >= 0.3 is 5.97 Å². The van der Waals surface area contributed by atoms with Crippen molar-refractivity contribution in [1.29, 1.82) is 0 Å². The number of aliphatic carboxylic acids is 1. The van der Waals surface area contributed by atoms with E-state index in [0.717, 1.165) is 24.1 Å². The normalized spacial score (nSPS) is 15.1. The molecule has 0 saturated carbocycles. The van der Waals surface area contributed by atoms with E-state index in [9.17, 15) is 14.7 Å². The molecular formula is C24H26N4O4. The molecule has 1 unspecified atom stereocenters. The predicted octanol–water partition coefficient (Wildman–Crippen LogP) is 4.07. The number of pyridine rings is 1. The van der Waals surface area contributed by atoms with Gasteiger partial charge in [-0.1, -0.05) is 18.2 Å². The highest BCUT2D eigenvalue weighted by molar-refractivity contribution is 5.80. The standard InChI is InChI=1S/C24H26N4O4/c1-14-20(22(23(30)31)32-24(2,3)4)21(16-10-11-19(29)25-13-16)28-18(26-14)12-17(27-28)15-8-6-5-7-9-15/h5-6,8,10-13,22H,7,9H2,1-4H3,(H,25,29)(H,30,31). The molecule has 32 heavy (non-hydrogen) atoms. The third kappa shape index (κ3) is 4.27. The van der Waals surface area contributed by atoms with Crippen molar-refractivity contribution in [3.8, 4) is 11.3 Å². The molecule has 0 spiro atoms. The molecule has 0 radical (unpaired) electrons. The summed E-state index contributed by atoms with van der Waals surface area (Å²) < 4.78 is 7.60. The Morgan fingerprint density at radius 2 is 2.09 bits per heavy atom. The smallest absolute Gasteiger partial charge is 0.337 e. The first-order valence-corrected chi connectivity index (χ1v) is 10.5. The van der Waals surface area contributed by atoms with Gasteiger partial charge in [-0.25, -0.2) is 14.3 Å². The van der Waals surface area contributed by atoms with Crippen LogP contribution in [0.25, 0.3) is 22.5 Å². The van der Waals surface area contributed by atoms with Crippen molar-refractivity contribution in [2.24, 2.45) is 0 Å². The lowest BCUT2D eigenvalue weighted by atomic mass is 10.00. The molecule has 4 rings (SSSR count). The highest BCUT2D eigenvalue weighted by Gasteiger charge is 2.33. The van der Waals surface area contributed by atoms with E-state index in [1.165, 1.54) is 6.07 Å². The maximum atomic E-state index is 12.3. The average molecular weight is 434 g/mol. The number of nitrogens with zero attached hydrogens (tertiary/aromatic N) is 3. The van der Waals surface area contributed by atoms with Crippen molar-refractivity contribution in [2.75, 3.05) is 0 Å². The van der Waals surface area contributed by atoms with Crippen molar-refractivity contribution in [2.45, 2.75) is 52.2 Å². The zero-order chi connectivity index (χ0) is 23.0. The van der Waals surface area contributed by atoms with E-state index in [-0.39, 0.29) is 5.56 Å². The van der Waals surface area contributed by atoms with E-state index in [0.29, 0.717) is 28.2 Å². The number of aromatic nitrogens is 4. The van der Waals surface area contributed by atoms with Crippen molar-refractivity contribution < 1.29 is 14.6 Å². The fraction of sp³-hybridized carbons (Fsp3) is 0.333. The second-order valence-corrected chi connectivity index (χ2v) is 8.81. The first-order valence-electron chi connectivity index (χ1n) is 10.5. The molecule has 0 bridgehead atoms. The molecule has 3 aromatic heterocycles. The second-order valence-electron chi connectivity index (χ2n) is 8.81. The van der Waals surface area contributed by atoms with E-state index < -0.39 is 17.7 Å². The number of carboxylic acids is 1. The van der Waals surface area contributed by atoms with Crippen LogP contribution in [0.5, 0.6) is 0 Å². The molecule has 1 atom stereocenters.